The van der Waals surface area contributed by atoms with Gasteiger partial charge in [-0.05, 0) is 180 Å². The van der Waals surface area contributed by atoms with Gasteiger partial charge in [-0.25, -0.2) is 35.6 Å². The maximum Gasteiger partial charge on any atom is 0.488 e. The van der Waals surface area contributed by atoms with E-state index in [1.54, 1.807) is 61.5 Å². The highest BCUT2D eigenvalue weighted by Gasteiger charge is 2.33. The number of carboxylic acid groups (broad SMARTS) is 1. The van der Waals surface area contributed by atoms with Crippen LogP contribution in [0, 0.1) is 82.8 Å². The second-order valence-electron chi connectivity index (χ2n) is 25.3. The van der Waals surface area contributed by atoms with Crippen LogP contribution >= 0.6 is 11.6 Å². The van der Waals surface area contributed by atoms with Crippen LogP contribution in [0.1, 0.15) is 122 Å². The number of sulfone groups is 2. The zero-order valence-corrected chi connectivity index (χ0v) is 63.0. The lowest BCUT2D eigenvalue weighted by molar-refractivity contribution is -0.141. The molecule has 0 amide bonds. The summed E-state index contributed by atoms with van der Waals surface area (Å²) in [6.07, 6.45) is -2.10. The average molecular weight is 1500 g/mol. The molecule has 0 saturated heterocycles. The number of nitriles is 2. The number of aromatic nitrogens is 4. The number of nitrogens with two attached hydrogens (primary N) is 1. The van der Waals surface area contributed by atoms with E-state index in [1.807, 2.05) is 102 Å². The van der Waals surface area contributed by atoms with Crippen molar-refractivity contribution in [3.05, 3.63) is 288 Å². The van der Waals surface area contributed by atoms with Crippen molar-refractivity contribution < 1.29 is 63.5 Å². The summed E-state index contributed by atoms with van der Waals surface area (Å²) in [6.45, 7) is 17.2. The number of aliphatic carboxylic acids is 1. The maximum absolute atomic E-state index is 14.5. The van der Waals surface area contributed by atoms with Gasteiger partial charge in [-0.15, -0.1) is 0 Å². The molecule has 10 aromatic rings. The molecule has 0 radical (unpaired) electrons. The number of alkyl halides is 3. The maximum atomic E-state index is 14.5. The normalized spacial score (nSPS) is 11.5. The van der Waals surface area contributed by atoms with Gasteiger partial charge in [0.25, 0.3) is 0 Å². The topological polar surface area (TPSA) is 288 Å². The van der Waals surface area contributed by atoms with Gasteiger partial charge in [0.05, 0.1) is 45.6 Å². The minimum atomic E-state index is -4.60. The number of Topliss-reactive ketones (excluding diaryl/α,β-unsaturated/α-hetero) is 1. The number of carbonyl (C=O) groups is 2. The molecule has 16 nitrogen and oxygen atoms in total. The number of hydrogen-bond donors (Lipinski definition) is 4. The molecule has 554 valence electrons. The minimum Gasteiger partial charge on any atom is -0.481 e. The SMILES string of the molecule is CC(C(=O)O)c1ccc(CCS(C)(=O)=O)c(F)c1.Cc1ccc(C#N)c(Cl)n1.Cc1cccc(-c2nc(C(F)(F)F)ccc2CCC(=O)C(C)c2ccc(CCS(C)(=O)=O)c(F)c2)c1.Cc1cccc(-c2nc(C)ccc2C#N)c1.Cc1cccc(-c2nc(C)ccc2CN)c1.Cc1cccc(B(O)O)c1. The Morgan fingerprint density at radius 3 is 1.33 bits per heavy atom. The molecule has 25 heteroatoms. The van der Waals surface area contributed by atoms with Gasteiger partial charge in [0.1, 0.15) is 60.1 Å². The third-order valence-corrected chi connectivity index (χ3v) is 18.4. The molecule has 0 bridgehead atoms. The van der Waals surface area contributed by atoms with Crippen LogP contribution in [0.5, 0.6) is 0 Å². The van der Waals surface area contributed by atoms with Gasteiger partial charge in [0.2, 0.25) is 0 Å². The van der Waals surface area contributed by atoms with E-state index in [-0.39, 0.29) is 64.9 Å². The first kappa shape index (κ1) is 86.5. The summed E-state index contributed by atoms with van der Waals surface area (Å²) in [4.78, 5) is 40.4. The molecule has 10 rings (SSSR count). The number of halogens is 6. The van der Waals surface area contributed by atoms with Crippen LogP contribution in [-0.2, 0) is 61.2 Å². The smallest absolute Gasteiger partial charge is 0.481 e. The fourth-order valence-corrected chi connectivity index (χ4v) is 11.7. The number of ketones is 1. The molecule has 0 fully saturated rings. The predicted octanol–water partition coefficient (Wildman–Crippen LogP) is 15.4. The first-order chi connectivity index (χ1) is 49.8. The summed E-state index contributed by atoms with van der Waals surface area (Å²) in [6, 6.07) is 56.4. The van der Waals surface area contributed by atoms with Crippen LogP contribution in [0.3, 0.4) is 0 Å². The van der Waals surface area contributed by atoms with Gasteiger partial charge >= 0.3 is 19.3 Å². The lowest BCUT2D eigenvalue weighted by Gasteiger charge is -2.15. The molecule has 5 N–H and O–H groups in total. The summed E-state index contributed by atoms with van der Waals surface area (Å²) in [5, 5.41) is 44.0. The Morgan fingerprint density at radius 1 is 0.519 bits per heavy atom. The molecular formula is C81H84BClF5N7O9S2. The van der Waals surface area contributed by atoms with E-state index in [0.29, 0.717) is 45.4 Å². The summed E-state index contributed by atoms with van der Waals surface area (Å²) in [5.41, 5.74) is 21.0. The summed E-state index contributed by atoms with van der Waals surface area (Å²) in [5.74, 6) is -4.11. The molecule has 6 aromatic carbocycles. The molecule has 0 aliphatic heterocycles. The Balaban J connectivity index is 0.000000244. The molecule has 0 saturated carbocycles. The highest BCUT2D eigenvalue weighted by Crippen LogP contribution is 2.33. The van der Waals surface area contributed by atoms with Crippen molar-refractivity contribution in [3.8, 4) is 45.9 Å². The Morgan fingerprint density at radius 2 is 0.925 bits per heavy atom. The quantitative estimate of drug-likeness (QED) is 0.0353. The monoisotopic (exact) mass is 1500 g/mol. The second kappa shape index (κ2) is 40.4. The Hall–Kier alpha value is -10.2. The van der Waals surface area contributed by atoms with Crippen molar-refractivity contribution in [2.45, 2.75) is 113 Å². The van der Waals surface area contributed by atoms with Crippen LogP contribution in [-0.4, -0.2) is 94.8 Å². The number of rotatable bonds is 18. The fraction of sp³-hybridized carbons (Fsp3) is 0.259. The van der Waals surface area contributed by atoms with Gasteiger partial charge in [-0.2, -0.15) is 23.7 Å². The molecule has 2 atom stereocenters. The molecule has 0 aliphatic rings. The lowest BCUT2D eigenvalue weighted by Crippen LogP contribution is -2.29. The summed E-state index contributed by atoms with van der Waals surface area (Å²) >= 11 is 5.60. The van der Waals surface area contributed by atoms with E-state index in [9.17, 15) is 48.4 Å². The minimum absolute atomic E-state index is 0.0322. The van der Waals surface area contributed by atoms with E-state index in [1.165, 1.54) is 48.4 Å². The second-order valence-corrected chi connectivity index (χ2v) is 30.2. The molecule has 106 heavy (non-hydrogen) atoms. The van der Waals surface area contributed by atoms with Gasteiger partial charge < -0.3 is 20.9 Å². The first-order valence-corrected chi connectivity index (χ1v) is 37.8. The number of carbonyl (C=O) groups excluding carboxylic acids is 1. The van der Waals surface area contributed by atoms with Gasteiger partial charge in [0, 0.05) is 65.2 Å². The average Bonchev–Trinajstić information content (AvgIpc) is 0.805. The van der Waals surface area contributed by atoms with Crippen LogP contribution in [0.2, 0.25) is 5.15 Å². The zero-order chi connectivity index (χ0) is 78.8. The Bertz CT molecular complexity index is 5040. The van der Waals surface area contributed by atoms with Crippen molar-refractivity contribution in [2.75, 3.05) is 24.0 Å². The fourth-order valence-electron chi connectivity index (χ4n) is 10.2. The third kappa shape index (κ3) is 28.4. The Labute approximate surface area is 622 Å². The number of nitrogens with zero attached hydrogens (tertiary/aromatic N) is 6. The lowest BCUT2D eigenvalue weighted by atomic mass is 9.80. The van der Waals surface area contributed by atoms with E-state index >= 15 is 0 Å². The highest BCUT2D eigenvalue weighted by molar-refractivity contribution is 7.90. The number of benzene rings is 6. The van der Waals surface area contributed by atoms with Crippen LogP contribution in [0.25, 0.3) is 33.8 Å². The van der Waals surface area contributed by atoms with Crippen molar-refractivity contribution >= 4 is 55.6 Å². The first-order valence-electron chi connectivity index (χ1n) is 33.3. The van der Waals surface area contributed by atoms with Crippen molar-refractivity contribution in [1.82, 2.24) is 19.9 Å². The number of hydrogen-bond acceptors (Lipinski definition) is 15. The standard InChI is InChI=1S/C27H27F4NO3S.C14H16N2.C14H12N2.C12H15FO4S.C7H9BO2.C7H5ClN2/c1-17-5-4-6-22(15-17)26-20(10-12-25(32-26)27(29,30)31)9-11-24(33)18(2)21-8-7-19(23(28)16-21)13-14-36(3,34)35;2*1-10-4-3-5-12(8-10)14-13(9-15)7-6-11(2)16-14;1-8(12(14)15)10-4-3-9(11(13)7-10)5-6-18(2,16)17;1-6-3-2-4-7(5-6)8(9)10;1-5-2-3-6(4-9)7(8)10-5/h4-8,10,12,15-16,18H,9,11,13-14H2,1-3H3;3-8H,9,15H2,1-2H3;3-8H,1-2H3;3-4,7-8H,5-6H2,1-2H3,(H,14,15);2-5,9-10H,1H3;2-3H,1H3. The summed E-state index contributed by atoms with van der Waals surface area (Å²) < 4.78 is 113. The molecular weight excluding hydrogens is 1420 g/mol. The van der Waals surface area contributed by atoms with Gasteiger partial charge in [-0.1, -0.05) is 156 Å². The van der Waals surface area contributed by atoms with Gasteiger partial charge in [-0.3, -0.25) is 19.6 Å². The zero-order valence-electron chi connectivity index (χ0n) is 60.6. The molecule has 0 aliphatic carbocycles. The van der Waals surface area contributed by atoms with Gasteiger partial charge in [0.15, 0.2) is 0 Å². The van der Waals surface area contributed by atoms with E-state index < -0.39 is 68.1 Å². The molecule has 4 heterocycles. The summed E-state index contributed by atoms with van der Waals surface area (Å²) in [7, 11) is -7.73. The number of aryl methyl sites for hydroxylation is 10. The van der Waals surface area contributed by atoms with Crippen LogP contribution in [0.4, 0.5) is 22.0 Å². The van der Waals surface area contributed by atoms with Crippen molar-refractivity contribution in [2.24, 2.45) is 5.73 Å². The highest BCUT2D eigenvalue weighted by atomic mass is 35.5. The van der Waals surface area contributed by atoms with E-state index in [0.717, 1.165) is 80.9 Å². The van der Waals surface area contributed by atoms with E-state index in [2.05, 4.69) is 63.3 Å². The van der Waals surface area contributed by atoms with E-state index in [4.69, 9.17) is 43.0 Å². The predicted molar refractivity (Wildman–Crippen MR) is 407 cm³/mol. The molecule has 4 aromatic heterocycles. The third-order valence-electron chi connectivity index (χ3n) is 16.2. The van der Waals surface area contributed by atoms with Crippen LogP contribution in [0.15, 0.2) is 182 Å². The molecule has 0 spiro atoms. The number of carboxylic acids is 1. The van der Waals surface area contributed by atoms with Crippen LogP contribution < -0.4 is 11.2 Å². The van der Waals surface area contributed by atoms with Crippen molar-refractivity contribution in [3.63, 3.8) is 0 Å². The largest absolute Gasteiger partial charge is 0.488 e. The number of pyridine rings is 4. The van der Waals surface area contributed by atoms with Crippen molar-refractivity contribution in [1.29, 1.82) is 10.5 Å². The molecule has 2 unspecified atom stereocenters. The Kier molecular flexibility index (Phi) is 32.9.